The van der Waals surface area contributed by atoms with Gasteiger partial charge in [0.05, 0.1) is 5.69 Å². The number of hydrogen-bond acceptors (Lipinski definition) is 3. The average molecular weight is 377 g/mol. The molecule has 1 aliphatic heterocycles. The van der Waals surface area contributed by atoms with Crippen LogP contribution >= 0.6 is 11.8 Å². The average Bonchev–Trinajstić information content (AvgIpc) is 3.20. The second-order valence-corrected chi connectivity index (χ2v) is 10.6. The first-order valence-electron chi connectivity index (χ1n) is 10.1. The largest absolute Gasteiger partial charge is 0.247 e. The van der Waals surface area contributed by atoms with Crippen LogP contribution in [0.4, 0.5) is 5.69 Å². The Hall–Kier alpha value is -1.74. The second kappa shape index (κ2) is 5.64. The molecule has 3 heteroatoms. The van der Waals surface area contributed by atoms with E-state index in [9.17, 15) is 0 Å². The minimum atomic E-state index is 0.0149. The number of hydrazone groups is 1. The van der Waals surface area contributed by atoms with Gasteiger partial charge in [-0.3, -0.25) is 0 Å². The molecule has 2 saturated carbocycles. The van der Waals surface area contributed by atoms with Crippen molar-refractivity contribution in [2.24, 2.45) is 21.8 Å². The van der Waals surface area contributed by atoms with Crippen LogP contribution < -0.4 is 5.01 Å². The van der Waals surface area contributed by atoms with Gasteiger partial charge in [-0.05, 0) is 49.7 Å². The van der Waals surface area contributed by atoms with Crippen LogP contribution in [-0.4, -0.2) is 9.91 Å². The summed E-state index contributed by atoms with van der Waals surface area (Å²) >= 11 is 2.02. The van der Waals surface area contributed by atoms with Crippen molar-refractivity contribution in [2.45, 2.75) is 51.8 Å². The molecule has 1 heterocycles. The molecule has 1 spiro atoms. The molecule has 2 aromatic rings. The summed E-state index contributed by atoms with van der Waals surface area (Å²) < 4.78 is 0. The molecule has 0 amide bonds. The van der Waals surface area contributed by atoms with Gasteiger partial charge in [-0.2, -0.15) is 5.10 Å². The van der Waals surface area contributed by atoms with E-state index in [4.69, 9.17) is 5.10 Å². The molecular weight excluding hydrogens is 348 g/mol. The van der Waals surface area contributed by atoms with Crippen molar-refractivity contribution < 1.29 is 0 Å². The number of rotatable bonds is 2. The van der Waals surface area contributed by atoms with Crippen LogP contribution in [0, 0.1) is 23.7 Å². The van der Waals surface area contributed by atoms with Crippen LogP contribution in [-0.2, 0) is 0 Å². The Kier molecular flexibility index (Phi) is 3.62. The Labute approximate surface area is 167 Å². The highest BCUT2D eigenvalue weighted by Crippen LogP contribution is 2.75. The highest BCUT2D eigenvalue weighted by atomic mass is 32.2. The lowest BCUT2D eigenvalue weighted by atomic mass is 9.68. The molecule has 0 saturated heterocycles. The monoisotopic (exact) mass is 376 g/mol. The number of fused-ring (bicyclic) bond motifs is 3. The topological polar surface area (TPSA) is 15.6 Å². The van der Waals surface area contributed by atoms with Gasteiger partial charge in [-0.25, -0.2) is 5.01 Å². The molecule has 3 aliphatic rings. The molecular formula is C24H28N2S. The van der Waals surface area contributed by atoms with Crippen LogP contribution in [0.1, 0.15) is 51.2 Å². The Morgan fingerprint density at radius 3 is 2.30 bits per heavy atom. The van der Waals surface area contributed by atoms with Crippen LogP contribution in [0.15, 0.2) is 59.7 Å². The van der Waals surface area contributed by atoms with Crippen molar-refractivity contribution in [2.75, 3.05) is 5.01 Å². The number of aryl methyl sites for hydroxylation is 1. The van der Waals surface area contributed by atoms with E-state index in [1.807, 2.05) is 11.8 Å². The molecule has 2 bridgehead atoms. The first-order valence-corrected chi connectivity index (χ1v) is 10.9. The molecule has 0 radical (unpaired) electrons. The van der Waals surface area contributed by atoms with Crippen molar-refractivity contribution in [1.29, 1.82) is 0 Å². The lowest BCUT2D eigenvalue weighted by Crippen LogP contribution is -2.53. The molecule has 0 N–H and O–H groups in total. The number of anilines is 1. The van der Waals surface area contributed by atoms with Crippen LogP contribution in [0.2, 0.25) is 0 Å². The van der Waals surface area contributed by atoms with E-state index in [1.54, 1.807) is 0 Å². The molecule has 2 fully saturated rings. The zero-order valence-electron chi connectivity index (χ0n) is 16.7. The summed E-state index contributed by atoms with van der Waals surface area (Å²) in [5, 5.41) is 8.79. The molecule has 2 aromatic carbocycles. The van der Waals surface area contributed by atoms with Gasteiger partial charge in [-0.15, -0.1) is 0 Å². The summed E-state index contributed by atoms with van der Waals surface area (Å²) in [7, 11) is 0. The molecule has 2 nitrogen and oxygen atoms in total. The van der Waals surface area contributed by atoms with E-state index in [2.05, 4.69) is 87.3 Å². The summed E-state index contributed by atoms with van der Waals surface area (Å²) in [5.74, 6) is 0.772. The van der Waals surface area contributed by atoms with E-state index in [-0.39, 0.29) is 10.3 Å². The van der Waals surface area contributed by atoms with Crippen molar-refractivity contribution in [3.05, 3.63) is 65.7 Å². The quantitative estimate of drug-likeness (QED) is 0.598. The predicted octanol–water partition coefficient (Wildman–Crippen LogP) is 6.45. The summed E-state index contributed by atoms with van der Waals surface area (Å²) in [4.78, 5) is 0.0149. The zero-order valence-corrected chi connectivity index (χ0v) is 17.5. The molecule has 140 valence electrons. The lowest BCUT2D eigenvalue weighted by Gasteiger charge is -2.49. The zero-order chi connectivity index (χ0) is 18.9. The Morgan fingerprint density at radius 1 is 1.00 bits per heavy atom. The molecule has 0 unspecified atom stereocenters. The van der Waals surface area contributed by atoms with Gasteiger partial charge in [0.25, 0.3) is 0 Å². The number of para-hydroxylation sites is 1. The predicted molar refractivity (Wildman–Crippen MR) is 116 cm³/mol. The van der Waals surface area contributed by atoms with Gasteiger partial charge < -0.3 is 0 Å². The normalized spacial score (nSPS) is 33.7. The minimum absolute atomic E-state index is 0.0149. The van der Waals surface area contributed by atoms with Crippen molar-refractivity contribution in [1.82, 2.24) is 0 Å². The van der Waals surface area contributed by atoms with E-state index >= 15 is 0 Å². The van der Waals surface area contributed by atoms with Gasteiger partial charge in [-0.1, -0.05) is 80.6 Å². The van der Waals surface area contributed by atoms with E-state index in [1.165, 1.54) is 41.1 Å². The number of nitrogens with zero attached hydrogens (tertiary/aromatic N) is 2. The third-order valence-corrected chi connectivity index (χ3v) is 9.56. The molecule has 0 aromatic heterocycles. The van der Waals surface area contributed by atoms with Gasteiger partial charge >= 0.3 is 0 Å². The smallest absolute Gasteiger partial charge is 0.126 e. The fourth-order valence-electron chi connectivity index (χ4n) is 5.73. The van der Waals surface area contributed by atoms with E-state index in [0.29, 0.717) is 5.41 Å². The number of thioether (sulfide) groups is 1. The molecule has 2 aliphatic carbocycles. The summed E-state index contributed by atoms with van der Waals surface area (Å²) in [6.45, 7) is 9.65. The summed E-state index contributed by atoms with van der Waals surface area (Å²) in [5.41, 5.74) is 4.33. The first-order chi connectivity index (χ1) is 12.9. The Morgan fingerprint density at radius 2 is 1.70 bits per heavy atom. The van der Waals surface area contributed by atoms with Gasteiger partial charge in [0.15, 0.2) is 0 Å². The van der Waals surface area contributed by atoms with Crippen molar-refractivity contribution >= 4 is 22.5 Å². The highest BCUT2D eigenvalue weighted by molar-refractivity contribution is 8.16. The molecule has 3 atom stereocenters. The van der Waals surface area contributed by atoms with E-state index in [0.717, 1.165) is 5.92 Å². The van der Waals surface area contributed by atoms with E-state index < -0.39 is 0 Å². The molecule has 5 rings (SSSR count). The standard InChI is InChI=1S/C24H28N2S/c1-17-10-12-18(13-11-17)21-25-26(20-8-6-5-7-9-20)24(27-21)16-19-14-15-23(24,4)22(19,2)3/h5-13,19H,14-16H2,1-4H3/t19-,23+,24+/m0/s1. The summed E-state index contributed by atoms with van der Waals surface area (Å²) in [6.07, 6.45) is 3.86. The second-order valence-electron chi connectivity index (χ2n) is 9.30. The first kappa shape index (κ1) is 17.4. The Bertz CT molecular complexity index is 902. The maximum atomic E-state index is 5.24. The van der Waals surface area contributed by atoms with Gasteiger partial charge in [0.2, 0.25) is 0 Å². The van der Waals surface area contributed by atoms with Gasteiger partial charge in [0.1, 0.15) is 9.91 Å². The maximum absolute atomic E-state index is 5.24. The summed E-state index contributed by atoms with van der Waals surface area (Å²) in [6, 6.07) is 19.6. The number of hydrogen-bond donors (Lipinski definition) is 0. The fraction of sp³-hybridized carbons (Fsp3) is 0.458. The third kappa shape index (κ3) is 2.18. The lowest BCUT2D eigenvalue weighted by molar-refractivity contribution is 0.121. The van der Waals surface area contributed by atoms with Crippen molar-refractivity contribution in [3.63, 3.8) is 0 Å². The minimum Gasteiger partial charge on any atom is -0.247 e. The highest BCUT2D eigenvalue weighted by Gasteiger charge is 2.73. The number of benzene rings is 2. The SMILES string of the molecule is Cc1ccc(C2=NN(c3ccccc3)[C@]3(C[C@@H]4CC[C@]3(C)C4(C)C)S2)cc1. The van der Waals surface area contributed by atoms with Crippen LogP contribution in [0.3, 0.4) is 0 Å². The third-order valence-electron chi connectivity index (χ3n) is 7.92. The molecule has 27 heavy (non-hydrogen) atoms. The maximum Gasteiger partial charge on any atom is 0.126 e. The Balaban J connectivity index is 1.65. The van der Waals surface area contributed by atoms with Crippen LogP contribution in [0.5, 0.6) is 0 Å². The van der Waals surface area contributed by atoms with Crippen LogP contribution in [0.25, 0.3) is 0 Å². The van der Waals surface area contributed by atoms with Gasteiger partial charge in [0, 0.05) is 11.0 Å². The fourth-order valence-corrected chi connectivity index (χ4v) is 7.53. The van der Waals surface area contributed by atoms with Crippen molar-refractivity contribution in [3.8, 4) is 0 Å².